The van der Waals surface area contributed by atoms with Crippen LogP contribution in [0.15, 0.2) is 67.1 Å². The number of carbonyl (C=O) groups excluding carboxylic acids is 2. The molecule has 0 unspecified atom stereocenters. The number of alkyl carbamates (subject to hydrolysis) is 1. The average Bonchev–Trinajstić information content (AvgIpc) is 3.72. The lowest BCUT2D eigenvalue weighted by Gasteiger charge is -2.33. The molecule has 0 aliphatic heterocycles. The number of rotatable bonds is 11. The van der Waals surface area contributed by atoms with Crippen LogP contribution in [0, 0.1) is 23.6 Å². The van der Waals surface area contributed by atoms with Gasteiger partial charge in [-0.25, -0.2) is 13.9 Å². The van der Waals surface area contributed by atoms with Crippen molar-refractivity contribution < 1.29 is 27.5 Å². The summed E-state index contributed by atoms with van der Waals surface area (Å²) in [7, 11) is 0. The van der Waals surface area contributed by atoms with Gasteiger partial charge in [0, 0.05) is 41.1 Å². The molecule has 50 heavy (non-hydrogen) atoms. The number of pyridine rings is 1. The molecule has 0 spiro atoms. The van der Waals surface area contributed by atoms with Gasteiger partial charge in [0.1, 0.15) is 12.4 Å². The molecule has 1 aliphatic carbocycles. The molecule has 1 atom stereocenters. The van der Waals surface area contributed by atoms with Gasteiger partial charge in [-0.2, -0.15) is 13.9 Å². The maximum atomic E-state index is 15.9. The summed E-state index contributed by atoms with van der Waals surface area (Å²) < 4.78 is 48.2. The molecule has 1 saturated carbocycles. The Morgan fingerprint density at radius 1 is 1.14 bits per heavy atom. The molecular weight excluding hydrogens is 671 g/mol. The second-order valence-electron chi connectivity index (χ2n) is 13.4. The molecule has 1 fully saturated rings. The van der Waals surface area contributed by atoms with Crippen LogP contribution < -0.4 is 10.6 Å². The van der Waals surface area contributed by atoms with Crippen LogP contribution in [0.1, 0.15) is 74.1 Å². The third-order valence-electron chi connectivity index (χ3n) is 8.18. The standard InChI is InChI=1S/C36H39ClF3N7O3/c1-21-6-5-14-42-31(21)27-16-23(8-12-28(27)37)30(20-50-35(49)45-25-9-10-25)47(34(41)43-15-13-36(2,3)4)32(48)26-11-7-22(17-29(26)38)24-18-44-46(19-24)33(39)40/h5-8,11-12,14,16-19,25,30,33H,9-10,13,15,20H2,1-4H3,(H2,41,43)(H,45,49)/t30-/m1/s1. The minimum atomic E-state index is -2.87. The van der Waals surface area contributed by atoms with Crippen LogP contribution in [0.4, 0.5) is 18.0 Å². The van der Waals surface area contributed by atoms with Crippen LogP contribution in [0.25, 0.3) is 22.4 Å². The summed E-state index contributed by atoms with van der Waals surface area (Å²) in [5, 5.41) is 18.8. The number of hydrogen-bond donors (Lipinski definition) is 3. The molecular formula is C36H39ClF3N7O3. The smallest absolute Gasteiger partial charge is 0.407 e. The number of carbonyl (C=O) groups is 2. The van der Waals surface area contributed by atoms with Crippen molar-refractivity contribution in [3.05, 3.63) is 94.7 Å². The van der Waals surface area contributed by atoms with Crippen molar-refractivity contribution in [3.8, 4) is 22.4 Å². The first-order valence-corrected chi connectivity index (χ1v) is 16.5. The average molecular weight is 710 g/mol. The Bertz CT molecular complexity index is 1870. The number of hydrogen-bond acceptors (Lipinski definition) is 6. The molecule has 4 aromatic rings. The van der Waals surface area contributed by atoms with Gasteiger partial charge in [0.25, 0.3) is 5.91 Å². The number of ether oxygens (including phenoxy) is 1. The van der Waals surface area contributed by atoms with Gasteiger partial charge in [-0.05, 0) is 78.6 Å². The zero-order valence-electron chi connectivity index (χ0n) is 28.1. The number of aryl methyl sites for hydroxylation is 1. The molecule has 14 heteroatoms. The fourth-order valence-electron chi connectivity index (χ4n) is 5.24. The molecule has 0 bridgehead atoms. The zero-order valence-corrected chi connectivity index (χ0v) is 28.9. The normalized spacial score (nSPS) is 13.5. The first kappa shape index (κ1) is 36.4. The molecule has 1 aliphatic rings. The van der Waals surface area contributed by atoms with Crippen LogP contribution in [-0.4, -0.2) is 56.8 Å². The first-order valence-electron chi connectivity index (χ1n) is 16.1. The largest absolute Gasteiger partial charge is 0.447 e. The second-order valence-corrected chi connectivity index (χ2v) is 13.8. The monoisotopic (exact) mass is 709 g/mol. The number of benzene rings is 2. The fraction of sp³-hybridized carbons (Fsp3) is 0.361. The van der Waals surface area contributed by atoms with E-state index in [-0.39, 0.29) is 40.7 Å². The molecule has 3 N–H and O–H groups in total. The highest BCUT2D eigenvalue weighted by Gasteiger charge is 2.34. The summed E-state index contributed by atoms with van der Waals surface area (Å²) in [6.07, 6.45) is 5.48. The Morgan fingerprint density at radius 3 is 2.54 bits per heavy atom. The predicted octanol–water partition coefficient (Wildman–Crippen LogP) is 8.14. The van der Waals surface area contributed by atoms with Crippen molar-refractivity contribution in [1.29, 1.82) is 5.41 Å². The molecule has 0 saturated heterocycles. The number of amides is 2. The topological polar surface area (TPSA) is 125 Å². The van der Waals surface area contributed by atoms with Crippen LogP contribution in [0.2, 0.25) is 5.02 Å². The quantitative estimate of drug-likeness (QED) is 0.107. The van der Waals surface area contributed by atoms with E-state index in [0.717, 1.165) is 35.6 Å². The van der Waals surface area contributed by atoms with Gasteiger partial charge in [0.15, 0.2) is 5.96 Å². The van der Waals surface area contributed by atoms with E-state index in [0.29, 0.717) is 39.5 Å². The summed E-state index contributed by atoms with van der Waals surface area (Å²) in [4.78, 5) is 32.7. The highest BCUT2D eigenvalue weighted by Crippen LogP contribution is 2.34. The van der Waals surface area contributed by atoms with Crippen molar-refractivity contribution in [2.45, 2.75) is 65.6 Å². The van der Waals surface area contributed by atoms with E-state index < -0.39 is 30.4 Å². The Kier molecular flexibility index (Phi) is 11.1. The van der Waals surface area contributed by atoms with Crippen LogP contribution in [-0.2, 0) is 4.74 Å². The van der Waals surface area contributed by atoms with Gasteiger partial charge >= 0.3 is 12.6 Å². The maximum absolute atomic E-state index is 15.9. The molecule has 10 nitrogen and oxygen atoms in total. The molecule has 5 rings (SSSR count). The molecule has 2 amide bonds. The molecule has 264 valence electrons. The minimum Gasteiger partial charge on any atom is -0.447 e. The number of nitrogens with one attached hydrogen (secondary N) is 3. The Balaban J connectivity index is 1.57. The van der Waals surface area contributed by atoms with Crippen LogP contribution in [0.3, 0.4) is 0 Å². The van der Waals surface area contributed by atoms with Crippen LogP contribution >= 0.6 is 11.6 Å². The highest BCUT2D eigenvalue weighted by molar-refractivity contribution is 6.33. The Morgan fingerprint density at radius 2 is 1.90 bits per heavy atom. The van der Waals surface area contributed by atoms with E-state index in [2.05, 4.69) is 20.7 Å². The number of alkyl halides is 2. The van der Waals surface area contributed by atoms with Gasteiger partial charge in [-0.3, -0.25) is 20.1 Å². The number of aromatic nitrogens is 3. The molecule has 0 radical (unpaired) electrons. The predicted molar refractivity (Wildman–Crippen MR) is 185 cm³/mol. The summed E-state index contributed by atoms with van der Waals surface area (Å²) >= 11 is 6.65. The molecule has 2 heterocycles. The SMILES string of the molecule is Cc1cccnc1-c1cc([C@@H](COC(=O)NC2CC2)N(C(=N)NCCC(C)(C)C)C(=O)c2ccc(-c3cnn(C(F)F)c3)cc2F)ccc1Cl. The number of guanidine groups is 1. The summed E-state index contributed by atoms with van der Waals surface area (Å²) in [5.41, 5.74) is 2.39. The van der Waals surface area contributed by atoms with Gasteiger partial charge in [0.05, 0.1) is 23.5 Å². The number of nitrogens with zero attached hydrogens (tertiary/aromatic N) is 4. The minimum absolute atomic E-state index is 0.00530. The van der Waals surface area contributed by atoms with Crippen molar-refractivity contribution in [1.82, 2.24) is 30.3 Å². The Labute approximate surface area is 293 Å². The third kappa shape index (κ3) is 9.00. The summed E-state index contributed by atoms with van der Waals surface area (Å²) in [5.74, 6) is -2.19. The van der Waals surface area contributed by atoms with Crippen molar-refractivity contribution in [2.24, 2.45) is 5.41 Å². The molecule has 2 aromatic heterocycles. The van der Waals surface area contributed by atoms with Crippen LogP contribution in [0.5, 0.6) is 0 Å². The Hall–Kier alpha value is -4.91. The lowest BCUT2D eigenvalue weighted by atomic mass is 9.92. The lowest BCUT2D eigenvalue weighted by molar-refractivity contribution is 0.0566. The lowest BCUT2D eigenvalue weighted by Crippen LogP contribution is -2.49. The third-order valence-corrected chi connectivity index (χ3v) is 8.51. The van der Waals surface area contributed by atoms with E-state index in [1.165, 1.54) is 18.3 Å². The second kappa shape index (κ2) is 15.3. The van der Waals surface area contributed by atoms with E-state index in [4.69, 9.17) is 21.7 Å². The fourth-order valence-corrected chi connectivity index (χ4v) is 5.45. The van der Waals surface area contributed by atoms with E-state index in [9.17, 15) is 18.4 Å². The summed E-state index contributed by atoms with van der Waals surface area (Å²) in [6, 6.07) is 11.2. The number of halogens is 4. The zero-order chi connectivity index (χ0) is 36.2. The van der Waals surface area contributed by atoms with Crippen molar-refractivity contribution in [3.63, 3.8) is 0 Å². The van der Waals surface area contributed by atoms with Gasteiger partial charge in [0.2, 0.25) is 0 Å². The van der Waals surface area contributed by atoms with Crippen molar-refractivity contribution in [2.75, 3.05) is 13.2 Å². The van der Waals surface area contributed by atoms with Gasteiger partial charge in [-0.1, -0.05) is 50.6 Å². The van der Waals surface area contributed by atoms with E-state index in [1.54, 1.807) is 30.5 Å². The highest BCUT2D eigenvalue weighted by atomic mass is 35.5. The summed E-state index contributed by atoms with van der Waals surface area (Å²) in [6.45, 7) is 5.04. The molecule has 2 aromatic carbocycles. The van der Waals surface area contributed by atoms with E-state index >= 15 is 4.39 Å². The van der Waals surface area contributed by atoms with Gasteiger partial charge < -0.3 is 15.4 Å². The van der Waals surface area contributed by atoms with E-state index in [1.807, 2.05) is 33.8 Å². The maximum Gasteiger partial charge on any atom is 0.407 e. The first-order chi connectivity index (χ1) is 23.7. The van der Waals surface area contributed by atoms with Crippen molar-refractivity contribution >= 4 is 29.6 Å². The van der Waals surface area contributed by atoms with Gasteiger partial charge in [-0.15, -0.1) is 0 Å².